The Labute approximate surface area is 113 Å². The third-order valence-corrected chi connectivity index (χ3v) is 3.18. The van der Waals surface area contributed by atoms with Crippen molar-refractivity contribution in [2.24, 2.45) is 7.05 Å². The van der Waals surface area contributed by atoms with Crippen LogP contribution in [0.25, 0.3) is 5.69 Å². The maximum Gasteiger partial charge on any atom is 0.275 e. The van der Waals surface area contributed by atoms with Crippen LogP contribution < -0.4 is 5.56 Å². The van der Waals surface area contributed by atoms with Gasteiger partial charge < -0.3 is 0 Å². The highest BCUT2D eigenvalue weighted by atomic mass is 35.5. The largest absolute Gasteiger partial charge is 0.285 e. The van der Waals surface area contributed by atoms with Crippen LogP contribution in [0.3, 0.4) is 0 Å². The van der Waals surface area contributed by atoms with E-state index in [-0.39, 0.29) is 23.9 Å². The number of benzene rings is 1. The lowest BCUT2D eigenvalue weighted by atomic mass is 10.0. The molecule has 0 bridgehead atoms. The van der Waals surface area contributed by atoms with Gasteiger partial charge in [0.05, 0.1) is 5.69 Å². The minimum atomic E-state index is 0. The summed E-state index contributed by atoms with van der Waals surface area (Å²) < 4.78 is 3.65. The monoisotopic (exact) mass is 266 g/mol. The van der Waals surface area contributed by atoms with Gasteiger partial charge in [-0.25, -0.2) is 4.68 Å². The van der Waals surface area contributed by atoms with E-state index in [0.29, 0.717) is 0 Å². The van der Waals surface area contributed by atoms with Gasteiger partial charge in [0.15, 0.2) is 0 Å². The van der Waals surface area contributed by atoms with Gasteiger partial charge in [0.1, 0.15) is 0 Å². The zero-order valence-electron chi connectivity index (χ0n) is 11.2. The molecule has 0 radical (unpaired) electrons. The van der Waals surface area contributed by atoms with Crippen LogP contribution in [-0.4, -0.2) is 9.36 Å². The number of halogens is 1. The first-order valence-electron chi connectivity index (χ1n) is 5.88. The van der Waals surface area contributed by atoms with E-state index in [9.17, 15) is 4.79 Å². The molecule has 0 aliphatic carbocycles. The second kappa shape index (κ2) is 5.44. The second-order valence-corrected chi connectivity index (χ2v) is 4.63. The van der Waals surface area contributed by atoms with Crippen molar-refractivity contribution in [3.63, 3.8) is 0 Å². The molecular formula is C14H19ClN2O. The topological polar surface area (TPSA) is 26.9 Å². The number of aromatic nitrogens is 2. The van der Waals surface area contributed by atoms with E-state index in [4.69, 9.17) is 0 Å². The first-order valence-corrected chi connectivity index (χ1v) is 5.88. The molecule has 0 saturated carbocycles. The summed E-state index contributed by atoms with van der Waals surface area (Å²) in [7, 11) is 1.93. The van der Waals surface area contributed by atoms with Crippen LogP contribution in [0.1, 0.15) is 31.0 Å². The van der Waals surface area contributed by atoms with E-state index < -0.39 is 0 Å². The fourth-order valence-electron chi connectivity index (χ4n) is 2.25. The van der Waals surface area contributed by atoms with Crippen molar-refractivity contribution in [3.05, 3.63) is 51.9 Å². The summed E-state index contributed by atoms with van der Waals surface area (Å²) in [5, 5.41) is 0. The van der Waals surface area contributed by atoms with Gasteiger partial charge in [0.2, 0.25) is 0 Å². The van der Waals surface area contributed by atoms with Crippen molar-refractivity contribution in [2.45, 2.75) is 26.7 Å². The second-order valence-electron chi connectivity index (χ2n) is 4.63. The van der Waals surface area contributed by atoms with Crippen LogP contribution >= 0.6 is 12.4 Å². The van der Waals surface area contributed by atoms with Crippen LogP contribution in [0, 0.1) is 6.92 Å². The van der Waals surface area contributed by atoms with Gasteiger partial charge in [0.25, 0.3) is 5.56 Å². The summed E-state index contributed by atoms with van der Waals surface area (Å²) in [4.78, 5) is 12.4. The van der Waals surface area contributed by atoms with Gasteiger partial charge in [-0.15, -0.1) is 12.4 Å². The Morgan fingerprint density at radius 3 is 2.11 bits per heavy atom. The van der Waals surface area contributed by atoms with E-state index in [1.807, 2.05) is 49.0 Å². The third kappa shape index (κ3) is 2.23. The van der Waals surface area contributed by atoms with Crippen LogP contribution in [0.4, 0.5) is 0 Å². The summed E-state index contributed by atoms with van der Waals surface area (Å²) in [6.07, 6.45) is 0. The van der Waals surface area contributed by atoms with Crippen molar-refractivity contribution in [1.29, 1.82) is 0 Å². The Hall–Kier alpha value is -1.48. The Kier molecular flexibility index (Phi) is 4.41. The highest BCUT2D eigenvalue weighted by Gasteiger charge is 2.17. The lowest BCUT2D eigenvalue weighted by Gasteiger charge is -2.07. The molecule has 2 rings (SSSR count). The molecule has 3 nitrogen and oxygen atoms in total. The number of hydrogen-bond donors (Lipinski definition) is 0. The van der Waals surface area contributed by atoms with Crippen LogP contribution in [0.2, 0.25) is 0 Å². The van der Waals surface area contributed by atoms with E-state index in [0.717, 1.165) is 16.9 Å². The minimum absolute atomic E-state index is 0. The van der Waals surface area contributed by atoms with Gasteiger partial charge in [-0.05, 0) is 25.0 Å². The molecule has 2 aromatic rings. The number of hydrogen-bond acceptors (Lipinski definition) is 1. The lowest BCUT2D eigenvalue weighted by molar-refractivity contribution is 0.630. The first kappa shape index (κ1) is 14.6. The Bertz CT molecular complexity index is 582. The summed E-state index contributed by atoms with van der Waals surface area (Å²) in [5.41, 5.74) is 2.94. The van der Waals surface area contributed by atoms with Crippen molar-refractivity contribution in [3.8, 4) is 5.69 Å². The fraction of sp³-hybridized carbons (Fsp3) is 0.357. The van der Waals surface area contributed by atoms with Gasteiger partial charge in [-0.2, -0.15) is 0 Å². The van der Waals surface area contributed by atoms with Gasteiger partial charge >= 0.3 is 0 Å². The molecule has 4 heteroatoms. The average Bonchev–Trinajstić information content (AvgIpc) is 2.51. The van der Waals surface area contributed by atoms with E-state index in [2.05, 4.69) is 13.8 Å². The van der Waals surface area contributed by atoms with E-state index >= 15 is 0 Å². The van der Waals surface area contributed by atoms with Crippen LogP contribution in [0.5, 0.6) is 0 Å². The Morgan fingerprint density at radius 1 is 1.11 bits per heavy atom. The van der Waals surface area contributed by atoms with E-state index in [1.54, 1.807) is 4.68 Å². The average molecular weight is 267 g/mol. The van der Waals surface area contributed by atoms with Gasteiger partial charge in [-0.3, -0.25) is 9.48 Å². The quantitative estimate of drug-likeness (QED) is 0.821. The molecule has 0 aliphatic heterocycles. The summed E-state index contributed by atoms with van der Waals surface area (Å²) >= 11 is 0. The molecule has 1 aromatic heterocycles. The van der Waals surface area contributed by atoms with Crippen molar-refractivity contribution in [1.82, 2.24) is 9.36 Å². The lowest BCUT2D eigenvalue weighted by Crippen LogP contribution is -2.21. The molecule has 0 atom stereocenters. The van der Waals surface area contributed by atoms with Crippen molar-refractivity contribution >= 4 is 12.4 Å². The molecule has 0 amide bonds. The SMILES string of the molecule is Cc1c(C(C)C)c(=O)n(-c2ccccc2)n1C.Cl. The summed E-state index contributed by atoms with van der Waals surface area (Å²) in [5.74, 6) is 0.249. The van der Waals surface area contributed by atoms with Gasteiger partial charge in [-0.1, -0.05) is 32.0 Å². The highest BCUT2D eigenvalue weighted by molar-refractivity contribution is 5.85. The number of nitrogens with zero attached hydrogens (tertiary/aromatic N) is 2. The number of para-hydroxylation sites is 1. The molecule has 0 fully saturated rings. The molecular weight excluding hydrogens is 248 g/mol. The molecule has 0 aliphatic rings. The zero-order chi connectivity index (χ0) is 12.6. The molecule has 0 N–H and O–H groups in total. The van der Waals surface area contributed by atoms with E-state index in [1.165, 1.54) is 0 Å². The van der Waals surface area contributed by atoms with Crippen molar-refractivity contribution < 1.29 is 0 Å². The molecule has 1 heterocycles. The van der Waals surface area contributed by atoms with Crippen molar-refractivity contribution in [2.75, 3.05) is 0 Å². The minimum Gasteiger partial charge on any atom is -0.285 e. The molecule has 18 heavy (non-hydrogen) atoms. The summed E-state index contributed by atoms with van der Waals surface area (Å²) in [6, 6.07) is 9.74. The fourth-order valence-corrected chi connectivity index (χ4v) is 2.25. The third-order valence-electron chi connectivity index (χ3n) is 3.18. The normalized spacial score (nSPS) is 10.5. The van der Waals surface area contributed by atoms with Gasteiger partial charge in [0, 0.05) is 18.3 Å². The Morgan fingerprint density at radius 2 is 1.67 bits per heavy atom. The van der Waals surface area contributed by atoms with Crippen LogP contribution in [0.15, 0.2) is 35.1 Å². The standard InChI is InChI=1S/C14H18N2O.ClH/c1-10(2)13-11(3)15(4)16(14(13)17)12-8-6-5-7-9-12;/h5-10H,1-4H3;1H. The molecule has 0 unspecified atom stereocenters. The first-order chi connectivity index (χ1) is 8.04. The number of rotatable bonds is 2. The molecule has 0 saturated heterocycles. The Balaban J connectivity index is 0.00000162. The predicted molar refractivity (Wildman–Crippen MR) is 77.1 cm³/mol. The van der Waals surface area contributed by atoms with Crippen LogP contribution in [-0.2, 0) is 7.05 Å². The zero-order valence-corrected chi connectivity index (χ0v) is 12.0. The maximum atomic E-state index is 12.4. The molecule has 1 aromatic carbocycles. The highest BCUT2D eigenvalue weighted by Crippen LogP contribution is 2.17. The molecule has 98 valence electrons. The maximum absolute atomic E-state index is 12.4. The summed E-state index contributed by atoms with van der Waals surface area (Å²) in [6.45, 7) is 6.11. The smallest absolute Gasteiger partial charge is 0.275 e. The predicted octanol–water partition coefficient (Wildman–Crippen LogP) is 3.03. The molecule has 0 spiro atoms.